The summed E-state index contributed by atoms with van der Waals surface area (Å²) in [6.45, 7) is 5.88. The average molecular weight is 344 g/mol. The molecule has 1 aromatic carbocycles. The summed E-state index contributed by atoms with van der Waals surface area (Å²) in [6.07, 6.45) is 0.332. The van der Waals surface area contributed by atoms with E-state index in [1.54, 1.807) is 6.07 Å². The van der Waals surface area contributed by atoms with E-state index in [0.717, 1.165) is 5.56 Å². The predicted octanol–water partition coefficient (Wildman–Crippen LogP) is 2.68. The summed E-state index contributed by atoms with van der Waals surface area (Å²) in [6, 6.07) is 4.62. The zero-order valence-corrected chi connectivity index (χ0v) is 14.2. The highest BCUT2D eigenvalue weighted by Gasteiger charge is 2.16. The maximum Gasteiger partial charge on any atom is 0.240 e. The van der Waals surface area contributed by atoms with Gasteiger partial charge in [0.1, 0.15) is 0 Å². The lowest BCUT2D eigenvalue weighted by Crippen LogP contribution is -2.26. The first-order valence-corrected chi connectivity index (χ1v) is 8.74. The van der Waals surface area contributed by atoms with Gasteiger partial charge in [-0.05, 0) is 24.6 Å². The van der Waals surface area contributed by atoms with E-state index >= 15 is 0 Å². The van der Waals surface area contributed by atoms with Gasteiger partial charge < -0.3 is 4.42 Å². The van der Waals surface area contributed by atoms with Crippen LogP contribution in [0.4, 0.5) is 0 Å². The number of aromatic nitrogens is 2. The first-order chi connectivity index (χ1) is 10.3. The summed E-state index contributed by atoms with van der Waals surface area (Å²) in [4.78, 5) is 0.136. The molecule has 0 saturated heterocycles. The summed E-state index contributed by atoms with van der Waals surface area (Å²) in [5.74, 6) is 1.10. The highest BCUT2D eigenvalue weighted by molar-refractivity contribution is 7.89. The fourth-order valence-corrected chi connectivity index (χ4v) is 3.02. The fraction of sp³-hybridized carbons (Fsp3) is 0.429. The van der Waals surface area contributed by atoms with Gasteiger partial charge in [0, 0.05) is 23.9 Å². The molecule has 0 unspecified atom stereocenters. The van der Waals surface area contributed by atoms with Crippen molar-refractivity contribution in [3.05, 3.63) is 40.6 Å². The van der Waals surface area contributed by atoms with Gasteiger partial charge in [0.25, 0.3) is 0 Å². The van der Waals surface area contributed by atoms with Crippen molar-refractivity contribution in [1.29, 1.82) is 0 Å². The smallest absolute Gasteiger partial charge is 0.240 e. The van der Waals surface area contributed by atoms with Crippen molar-refractivity contribution in [2.75, 3.05) is 6.54 Å². The molecule has 0 aliphatic carbocycles. The van der Waals surface area contributed by atoms with Gasteiger partial charge in [-0.25, -0.2) is 13.1 Å². The van der Waals surface area contributed by atoms with Crippen molar-refractivity contribution < 1.29 is 12.8 Å². The van der Waals surface area contributed by atoms with E-state index in [4.69, 9.17) is 16.0 Å². The molecule has 0 radical (unpaired) electrons. The standard InChI is InChI=1S/C14H18ClN3O3S/c1-9(2)14-18-17-13(21-14)6-7-16-22(19,20)11-5-4-10(3)12(15)8-11/h4-5,8-9,16H,6-7H2,1-3H3. The minimum atomic E-state index is -3.60. The molecule has 1 aromatic heterocycles. The van der Waals surface area contributed by atoms with Crippen molar-refractivity contribution in [2.45, 2.75) is 38.0 Å². The molecular weight excluding hydrogens is 326 g/mol. The van der Waals surface area contributed by atoms with Crippen molar-refractivity contribution in [1.82, 2.24) is 14.9 Å². The van der Waals surface area contributed by atoms with Crippen LogP contribution in [0.1, 0.15) is 37.1 Å². The van der Waals surface area contributed by atoms with Gasteiger partial charge in [0.15, 0.2) is 0 Å². The quantitative estimate of drug-likeness (QED) is 0.871. The van der Waals surface area contributed by atoms with Gasteiger partial charge in [0.2, 0.25) is 21.8 Å². The molecule has 6 nitrogen and oxygen atoms in total. The second kappa shape index (κ2) is 6.76. The molecule has 0 fully saturated rings. The van der Waals surface area contributed by atoms with Crippen LogP contribution in [-0.4, -0.2) is 25.2 Å². The number of benzene rings is 1. The maximum absolute atomic E-state index is 12.2. The minimum absolute atomic E-state index is 0.136. The van der Waals surface area contributed by atoms with E-state index in [1.165, 1.54) is 12.1 Å². The second-order valence-electron chi connectivity index (χ2n) is 5.25. The fourth-order valence-electron chi connectivity index (χ4n) is 1.72. The third-order valence-corrected chi connectivity index (χ3v) is 4.93. The summed E-state index contributed by atoms with van der Waals surface area (Å²) in [5.41, 5.74) is 0.827. The van der Waals surface area contributed by atoms with Gasteiger partial charge >= 0.3 is 0 Å². The van der Waals surface area contributed by atoms with Gasteiger partial charge in [-0.3, -0.25) is 0 Å². The lowest BCUT2D eigenvalue weighted by molar-refractivity contribution is 0.431. The molecule has 1 heterocycles. The number of sulfonamides is 1. The molecule has 0 aliphatic rings. The molecular formula is C14H18ClN3O3S. The topological polar surface area (TPSA) is 85.1 Å². The van der Waals surface area contributed by atoms with Crippen LogP contribution in [0.5, 0.6) is 0 Å². The molecule has 0 aliphatic heterocycles. The molecule has 0 bridgehead atoms. The minimum Gasteiger partial charge on any atom is -0.425 e. The molecule has 8 heteroatoms. The van der Waals surface area contributed by atoms with Gasteiger partial charge in [-0.15, -0.1) is 10.2 Å². The highest BCUT2D eigenvalue weighted by Crippen LogP contribution is 2.19. The molecule has 0 atom stereocenters. The second-order valence-corrected chi connectivity index (χ2v) is 7.42. The zero-order valence-electron chi connectivity index (χ0n) is 12.6. The molecule has 22 heavy (non-hydrogen) atoms. The third kappa shape index (κ3) is 4.06. The number of nitrogens with zero attached hydrogens (tertiary/aromatic N) is 2. The number of halogens is 1. The zero-order chi connectivity index (χ0) is 16.3. The lowest BCUT2D eigenvalue weighted by Gasteiger charge is -2.07. The van der Waals surface area contributed by atoms with Crippen molar-refractivity contribution in [3.63, 3.8) is 0 Å². The Balaban J connectivity index is 1.98. The van der Waals surface area contributed by atoms with Gasteiger partial charge in [-0.2, -0.15) is 0 Å². The van der Waals surface area contributed by atoms with E-state index < -0.39 is 10.0 Å². The predicted molar refractivity (Wildman–Crippen MR) is 83.5 cm³/mol. The molecule has 2 rings (SSSR count). The van der Waals surface area contributed by atoms with E-state index in [2.05, 4.69) is 14.9 Å². The van der Waals surface area contributed by atoms with E-state index in [9.17, 15) is 8.42 Å². The monoisotopic (exact) mass is 343 g/mol. The number of hydrogen-bond donors (Lipinski definition) is 1. The van der Waals surface area contributed by atoms with Crippen LogP contribution in [0, 0.1) is 6.92 Å². The molecule has 0 spiro atoms. The van der Waals surface area contributed by atoms with Crippen LogP contribution in [-0.2, 0) is 16.4 Å². The van der Waals surface area contributed by atoms with Gasteiger partial charge in [-0.1, -0.05) is 31.5 Å². The van der Waals surface area contributed by atoms with Crippen LogP contribution in [0.2, 0.25) is 5.02 Å². The molecule has 0 amide bonds. The Morgan fingerprint density at radius 1 is 1.32 bits per heavy atom. The van der Waals surface area contributed by atoms with Crippen LogP contribution < -0.4 is 4.72 Å². The molecule has 1 N–H and O–H groups in total. The maximum atomic E-state index is 12.2. The Hall–Kier alpha value is -1.44. The van der Waals surface area contributed by atoms with E-state index in [0.29, 0.717) is 23.2 Å². The van der Waals surface area contributed by atoms with Crippen LogP contribution >= 0.6 is 11.6 Å². The highest BCUT2D eigenvalue weighted by atomic mass is 35.5. The molecule has 0 saturated carbocycles. The van der Waals surface area contributed by atoms with Crippen LogP contribution in [0.25, 0.3) is 0 Å². The lowest BCUT2D eigenvalue weighted by atomic mass is 10.2. The number of hydrogen-bond acceptors (Lipinski definition) is 5. The normalized spacial score (nSPS) is 12.0. The summed E-state index contributed by atoms with van der Waals surface area (Å²) < 4.78 is 32.2. The van der Waals surface area contributed by atoms with E-state index in [-0.39, 0.29) is 17.4 Å². The van der Waals surface area contributed by atoms with Crippen LogP contribution in [0.15, 0.2) is 27.5 Å². The van der Waals surface area contributed by atoms with Crippen molar-refractivity contribution in [2.24, 2.45) is 0 Å². The first-order valence-electron chi connectivity index (χ1n) is 6.87. The number of nitrogens with one attached hydrogen (secondary N) is 1. The molecule has 120 valence electrons. The molecule has 2 aromatic rings. The summed E-state index contributed by atoms with van der Waals surface area (Å²) in [7, 11) is -3.60. The Labute approximate surface area is 134 Å². The van der Waals surface area contributed by atoms with Crippen molar-refractivity contribution in [3.8, 4) is 0 Å². The number of aryl methyl sites for hydroxylation is 1. The Kier molecular flexibility index (Phi) is 5.20. The third-order valence-electron chi connectivity index (χ3n) is 3.06. The summed E-state index contributed by atoms with van der Waals surface area (Å²) >= 11 is 5.96. The SMILES string of the molecule is Cc1ccc(S(=O)(=O)NCCc2nnc(C(C)C)o2)cc1Cl. The first kappa shape index (κ1) is 16.9. The number of rotatable bonds is 6. The largest absolute Gasteiger partial charge is 0.425 e. The van der Waals surface area contributed by atoms with Gasteiger partial charge in [0.05, 0.1) is 4.90 Å². The van der Waals surface area contributed by atoms with Crippen molar-refractivity contribution >= 4 is 21.6 Å². The average Bonchev–Trinajstić information content (AvgIpc) is 2.90. The Morgan fingerprint density at radius 2 is 2.05 bits per heavy atom. The van der Waals surface area contributed by atoms with Crippen LogP contribution in [0.3, 0.4) is 0 Å². The van der Waals surface area contributed by atoms with E-state index in [1.807, 2.05) is 20.8 Å². The summed E-state index contributed by atoms with van der Waals surface area (Å²) in [5, 5.41) is 8.20. The Morgan fingerprint density at radius 3 is 2.64 bits per heavy atom. The Bertz CT molecular complexity index is 756.